The molecule has 0 atom stereocenters. The normalized spacial score (nSPS) is 10.9. The number of hydrogen-bond donors (Lipinski definition) is 0. The van der Waals surface area contributed by atoms with Crippen molar-refractivity contribution in [1.82, 2.24) is 4.57 Å². The summed E-state index contributed by atoms with van der Waals surface area (Å²) in [5.41, 5.74) is 3.77. The highest BCUT2D eigenvalue weighted by Gasteiger charge is 2.08. The lowest BCUT2D eigenvalue weighted by molar-refractivity contribution is 0.414. The molecule has 0 aliphatic heterocycles. The van der Waals surface area contributed by atoms with Gasteiger partial charge in [-0.15, -0.1) is 0 Å². The van der Waals surface area contributed by atoms with E-state index in [2.05, 4.69) is 77.5 Å². The molecule has 4 rings (SSSR count). The van der Waals surface area contributed by atoms with Crippen LogP contribution in [0.1, 0.15) is 5.56 Å². The summed E-state index contributed by atoms with van der Waals surface area (Å²) in [5, 5.41) is 2.56. The first-order valence-electron chi connectivity index (χ1n) is 8.11. The van der Waals surface area contributed by atoms with Crippen molar-refractivity contribution < 1.29 is 4.74 Å². The number of methoxy groups -OCH3 is 1. The maximum atomic E-state index is 5.24. The molecule has 0 aliphatic carbocycles. The number of ether oxygens (including phenoxy) is 1. The van der Waals surface area contributed by atoms with Crippen molar-refractivity contribution in [3.8, 4) is 17.0 Å². The topological polar surface area (TPSA) is 14.2 Å². The molecule has 2 nitrogen and oxygen atoms in total. The molecule has 0 spiro atoms. The number of nitrogens with zero attached hydrogens (tertiary/aromatic N) is 1. The minimum absolute atomic E-state index is 0.843. The highest BCUT2D eigenvalue weighted by Crippen LogP contribution is 2.29. The molecule has 0 saturated carbocycles. The molecule has 4 aromatic rings. The van der Waals surface area contributed by atoms with Gasteiger partial charge >= 0.3 is 0 Å². The van der Waals surface area contributed by atoms with Crippen molar-refractivity contribution in [3.63, 3.8) is 0 Å². The van der Waals surface area contributed by atoms with Crippen LogP contribution in [0.5, 0.6) is 5.75 Å². The quantitative estimate of drug-likeness (QED) is 0.494. The van der Waals surface area contributed by atoms with E-state index in [0.29, 0.717) is 0 Å². The highest BCUT2D eigenvalue weighted by molar-refractivity contribution is 5.95. The van der Waals surface area contributed by atoms with Crippen molar-refractivity contribution in [3.05, 3.63) is 90.6 Å². The maximum absolute atomic E-state index is 5.24. The second kappa shape index (κ2) is 6.25. The summed E-state index contributed by atoms with van der Waals surface area (Å²) in [6.07, 6.45) is 2.14. The van der Waals surface area contributed by atoms with E-state index in [-0.39, 0.29) is 0 Å². The summed E-state index contributed by atoms with van der Waals surface area (Å²) in [5.74, 6) is 0.889. The van der Waals surface area contributed by atoms with Gasteiger partial charge in [0.2, 0.25) is 0 Å². The van der Waals surface area contributed by atoms with Crippen LogP contribution in [0.25, 0.3) is 22.0 Å². The van der Waals surface area contributed by atoms with Gasteiger partial charge < -0.3 is 9.30 Å². The van der Waals surface area contributed by atoms with E-state index < -0.39 is 0 Å². The molecular formula is C22H19NO. The predicted octanol–water partition coefficient (Wildman–Crippen LogP) is 5.37. The summed E-state index contributed by atoms with van der Waals surface area (Å²) in [6.45, 7) is 0.843. The lowest BCUT2D eigenvalue weighted by Crippen LogP contribution is -2.00. The Hall–Kier alpha value is -3.00. The Morgan fingerprint density at radius 3 is 2.42 bits per heavy atom. The van der Waals surface area contributed by atoms with Crippen LogP contribution < -0.4 is 4.74 Å². The average molecular weight is 313 g/mol. The van der Waals surface area contributed by atoms with Gasteiger partial charge in [0.15, 0.2) is 0 Å². The van der Waals surface area contributed by atoms with Crippen LogP contribution in [-0.2, 0) is 6.54 Å². The van der Waals surface area contributed by atoms with Crippen molar-refractivity contribution >= 4 is 10.8 Å². The number of fused-ring (bicyclic) bond motifs is 1. The van der Waals surface area contributed by atoms with Crippen molar-refractivity contribution in [2.24, 2.45) is 0 Å². The van der Waals surface area contributed by atoms with Gasteiger partial charge in [-0.2, -0.15) is 0 Å². The molecule has 0 amide bonds. The maximum Gasteiger partial charge on any atom is 0.118 e. The van der Waals surface area contributed by atoms with E-state index in [1.807, 2.05) is 12.1 Å². The fourth-order valence-corrected chi connectivity index (χ4v) is 3.17. The number of rotatable bonds is 4. The molecule has 0 N–H and O–H groups in total. The molecular weight excluding hydrogens is 294 g/mol. The lowest BCUT2D eigenvalue weighted by Gasteiger charge is -2.12. The molecule has 3 aromatic carbocycles. The Morgan fingerprint density at radius 1 is 0.792 bits per heavy atom. The number of benzene rings is 3. The van der Waals surface area contributed by atoms with Gasteiger partial charge in [-0.25, -0.2) is 0 Å². The first kappa shape index (κ1) is 14.6. The first-order valence-corrected chi connectivity index (χ1v) is 8.11. The lowest BCUT2D eigenvalue weighted by atomic mass is 10.0. The third-order valence-corrected chi connectivity index (χ3v) is 4.41. The Bertz CT molecular complexity index is 961. The monoisotopic (exact) mass is 313 g/mol. The van der Waals surface area contributed by atoms with E-state index >= 15 is 0 Å². The minimum atomic E-state index is 0.843. The second-order valence-corrected chi connectivity index (χ2v) is 5.90. The van der Waals surface area contributed by atoms with E-state index in [0.717, 1.165) is 12.3 Å². The van der Waals surface area contributed by atoms with Gasteiger partial charge in [-0.3, -0.25) is 0 Å². The van der Waals surface area contributed by atoms with Crippen LogP contribution in [-0.4, -0.2) is 11.7 Å². The summed E-state index contributed by atoms with van der Waals surface area (Å²) in [6, 6.07) is 27.6. The number of hydrogen-bond acceptors (Lipinski definition) is 1. The fraction of sp³-hybridized carbons (Fsp3) is 0.0909. The van der Waals surface area contributed by atoms with Crippen LogP contribution in [0, 0.1) is 0 Å². The zero-order valence-electron chi connectivity index (χ0n) is 13.6. The summed E-state index contributed by atoms with van der Waals surface area (Å²) >= 11 is 0. The highest BCUT2D eigenvalue weighted by atomic mass is 16.5. The molecule has 0 radical (unpaired) electrons. The second-order valence-electron chi connectivity index (χ2n) is 5.90. The smallest absolute Gasteiger partial charge is 0.118 e. The molecule has 1 heterocycles. The average Bonchev–Trinajstić information content (AvgIpc) is 3.10. The van der Waals surface area contributed by atoms with Gasteiger partial charge in [-0.05, 0) is 40.6 Å². The third kappa shape index (κ3) is 2.67. The predicted molar refractivity (Wildman–Crippen MR) is 99.5 cm³/mol. The van der Waals surface area contributed by atoms with Crippen LogP contribution in [0.2, 0.25) is 0 Å². The Kier molecular flexibility index (Phi) is 3.80. The van der Waals surface area contributed by atoms with Gasteiger partial charge in [-0.1, -0.05) is 54.6 Å². The molecule has 118 valence electrons. The molecule has 0 aliphatic rings. The third-order valence-electron chi connectivity index (χ3n) is 4.41. The van der Waals surface area contributed by atoms with Crippen LogP contribution in [0.3, 0.4) is 0 Å². The van der Waals surface area contributed by atoms with Crippen LogP contribution in [0.15, 0.2) is 85.1 Å². The van der Waals surface area contributed by atoms with Gasteiger partial charge in [0.1, 0.15) is 5.75 Å². The summed E-state index contributed by atoms with van der Waals surface area (Å²) in [7, 11) is 1.69. The van der Waals surface area contributed by atoms with Crippen molar-refractivity contribution in [2.45, 2.75) is 6.54 Å². The Labute approximate surface area is 141 Å². The van der Waals surface area contributed by atoms with E-state index in [1.165, 1.54) is 27.6 Å². The van der Waals surface area contributed by atoms with E-state index in [9.17, 15) is 0 Å². The van der Waals surface area contributed by atoms with Crippen molar-refractivity contribution in [2.75, 3.05) is 7.11 Å². The Balaban J connectivity index is 1.74. The standard InChI is InChI=1S/C22H19NO/c1-24-19-13-11-17(12-14-19)16-23-15-5-10-22(23)21-9-4-7-18-6-2-3-8-20(18)21/h2-15H,16H2,1H3. The fourth-order valence-electron chi connectivity index (χ4n) is 3.17. The first-order chi connectivity index (χ1) is 11.8. The van der Waals surface area contributed by atoms with E-state index in [1.54, 1.807) is 7.11 Å². The van der Waals surface area contributed by atoms with Crippen LogP contribution >= 0.6 is 0 Å². The van der Waals surface area contributed by atoms with Crippen LogP contribution in [0.4, 0.5) is 0 Å². The minimum Gasteiger partial charge on any atom is -0.497 e. The molecule has 24 heavy (non-hydrogen) atoms. The molecule has 0 bridgehead atoms. The molecule has 1 aromatic heterocycles. The molecule has 0 unspecified atom stereocenters. The van der Waals surface area contributed by atoms with Gasteiger partial charge in [0, 0.05) is 24.0 Å². The molecule has 2 heteroatoms. The van der Waals surface area contributed by atoms with Crippen molar-refractivity contribution in [1.29, 1.82) is 0 Å². The Morgan fingerprint density at radius 2 is 1.58 bits per heavy atom. The van der Waals surface area contributed by atoms with E-state index in [4.69, 9.17) is 4.74 Å². The van der Waals surface area contributed by atoms with Gasteiger partial charge in [0.05, 0.1) is 7.11 Å². The van der Waals surface area contributed by atoms with Gasteiger partial charge in [0.25, 0.3) is 0 Å². The number of aromatic nitrogens is 1. The molecule has 0 fully saturated rings. The summed E-state index contributed by atoms with van der Waals surface area (Å²) in [4.78, 5) is 0. The largest absolute Gasteiger partial charge is 0.497 e. The summed E-state index contributed by atoms with van der Waals surface area (Å²) < 4.78 is 7.53. The zero-order chi connectivity index (χ0) is 16.4. The zero-order valence-corrected chi connectivity index (χ0v) is 13.6. The molecule has 0 saturated heterocycles. The SMILES string of the molecule is COc1ccc(Cn2cccc2-c2cccc3ccccc23)cc1.